The average molecular weight is 304 g/mol. The summed E-state index contributed by atoms with van der Waals surface area (Å²) in [6.45, 7) is 0.893. The van der Waals surface area contributed by atoms with Crippen LogP contribution < -0.4 is 5.32 Å². The van der Waals surface area contributed by atoms with E-state index in [4.69, 9.17) is 11.6 Å². The Balaban J connectivity index is 1.79. The van der Waals surface area contributed by atoms with Crippen LogP contribution in [0.25, 0.3) is 0 Å². The molecule has 0 bridgehead atoms. The molecule has 0 unspecified atom stereocenters. The number of hydrogen-bond acceptors (Lipinski definition) is 2. The monoisotopic (exact) mass is 302 g/mol. The first-order valence-electron chi connectivity index (χ1n) is 5.71. The molecule has 1 aromatic rings. The number of hydrogen-bond donors (Lipinski definition) is 1. The van der Waals surface area contributed by atoms with Crippen molar-refractivity contribution in [3.05, 3.63) is 28.5 Å². The van der Waals surface area contributed by atoms with Crippen molar-refractivity contribution in [2.45, 2.75) is 43.6 Å². The second-order valence-corrected chi connectivity index (χ2v) is 5.87. The minimum Gasteiger partial charge on any atom is -0.310 e. The number of nitrogens with zero attached hydrogens (tertiary/aromatic N) is 1. The van der Waals surface area contributed by atoms with Crippen LogP contribution in [0.15, 0.2) is 22.9 Å². The number of halogens is 2. The lowest BCUT2D eigenvalue weighted by Gasteiger charge is -2.25. The molecular formula is C12H16BrClN2. The second-order valence-electron chi connectivity index (χ2n) is 4.34. The van der Waals surface area contributed by atoms with Crippen LogP contribution >= 0.6 is 27.5 Å². The molecule has 0 radical (unpaired) electrons. The molecule has 4 heteroatoms. The van der Waals surface area contributed by atoms with Gasteiger partial charge in [0, 0.05) is 34.8 Å². The van der Waals surface area contributed by atoms with Gasteiger partial charge < -0.3 is 5.32 Å². The van der Waals surface area contributed by atoms with Gasteiger partial charge in [0.2, 0.25) is 0 Å². The SMILES string of the molecule is ClC1CCC(NCc2cncc(Br)c2)CC1. The van der Waals surface area contributed by atoms with E-state index >= 15 is 0 Å². The number of aromatic nitrogens is 1. The third-order valence-corrected chi connectivity index (χ3v) is 3.88. The van der Waals surface area contributed by atoms with Crippen LogP contribution in [0.5, 0.6) is 0 Å². The number of alkyl halides is 1. The lowest BCUT2D eigenvalue weighted by molar-refractivity contribution is 0.376. The minimum absolute atomic E-state index is 0.394. The number of nitrogens with one attached hydrogen (secondary N) is 1. The molecule has 88 valence electrons. The Morgan fingerprint density at radius 3 is 2.75 bits per heavy atom. The Bertz CT molecular complexity index is 338. The molecule has 16 heavy (non-hydrogen) atoms. The molecule has 1 N–H and O–H groups in total. The van der Waals surface area contributed by atoms with Crippen molar-refractivity contribution in [3.63, 3.8) is 0 Å². The van der Waals surface area contributed by atoms with Crippen molar-refractivity contribution in [2.24, 2.45) is 0 Å². The summed E-state index contributed by atoms with van der Waals surface area (Å²) in [6.07, 6.45) is 8.37. The van der Waals surface area contributed by atoms with Gasteiger partial charge in [-0.25, -0.2) is 0 Å². The van der Waals surface area contributed by atoms with Gasteiger partial charge in [0.05, 0.1) is 0 Å². The van der Waals surface area contributed by atoms with Crippen molar-refractivity contribution in [1.29, 1.82) is 0 Å². The lowest BCUT2D eigenvalue weighted by atomic mass is 9.95. The molecular weight excluding hydrogens is 288 g/mol. The van der Waals surface area contributed by atoms with E-state index in [1.807, 2.05) is 12.4 Å². The average Bonchev–Trinajstić information content (AvgIpc) is 2.28. The normalized spacial score (nSPS) is 25.6. The maximum atomic E-state index is 6.08. The van der Waals surface area contributed by atoms with Crippen LogP contribution in [0.3, 0.4) is 0 Å². The van der Waals surface area contributed by atoms with Gasteiger partial charge in [-0.3, -0.25) is 4.98 Å². The van der Waals surface area contributed by atoms with Gasteiger partial charge in [-0.15, -0.1) is 11.6 Å². The van der Waals surface area contributed by atoms with Crippen LogP contribution in [-0.2, 0) is 6.54 Å². The highest BCUT2D eigenvalue weighted by Crippen LogP contribution is 2.23. The third-order valence-electron chi connectivity index (χ3n) is 3.01. The highest BCUT2D eigenvalue weighted by atomic mass is 79.9. The Kier molecular flexibility index (Phi) is 4.62. The van der Waals surface area contributed by atoms with Crippen molar-refractivity contribution in [2.75, 3.05) is 0 Å². The molecule has 2 rings (SSSR count). The van der Waals surface area contributed by atoms with Crippen molar-refractivity contribution >= 4 is 27.5 Å². The van der Waals surface area contributed by atoms with E-state index in [2.05, 4.69) is 32.3 Å². The lowest BCUT2D eigenvalue weighted by Crippen LogP contribution is -2.32. The molecule has 1 fully saturated rings. The maximum absolute atomic E-state index is 6.08. The van der Waals surface area contributed by atoms with Gasteiger partial charge in [-0.05, 0) is 53.2 Å². The van der Waals surface area contributed by atoms with Gasteiger partial charge >= 0.3 is 0 Å². The molecule has 2 nitrogen and oxygen atoms in total. The predicted molar refractivity (Wildman–Crippen MR) is 70.7 cm³/mol. The largest absolute Gasteiger partial charge is 0.310 e. The first-order valence-corrected chi connectivity index (χ1v) is 6.94. The summed E-state index contributed by atoms with van der Waals surface area (Å²) in [5.41, 5.74) is 1.22. The second kappa shape index (κ2) is 5.99. The van der Waals surface area contributed by atoms with Crippen LogP contribution in [0.2, 0.25) is 0 Å². The Hall–Kier alpha value is -0.120. The van der Waals surface area contributed by atoms with Gasteiger partial charge in [0.1, 0.15) is 0 Å². The highest BCUT2D eigenvalue weighted by molar-refractivity contribution is 9.10. The van der Waals surface area contributed by atoms with Gasteiger partial charge in [0.25, 0.3) is 0 Å². The topological polar surface area (TPSA) is 24.9 Å². The summed E-state index contributed by atoms with van der Waals surface area (Å²) in [6, 6.07) is 2.72. The van der Waals surface area contributed by atoms with E-state index < -0.39 is 0 Å². The molecule has 0 atom stereocenters. The minimum atomic E-state index is 0.394. The maximum Gasteiger partial charge on any atom is 0.0410 e. The molecule has 0 saturated heterocycles. The zero-order valence-electron chi connectivity index (χ0n) is 9.13. The fraction of sp³-hybridized carbons (Fsp3) is 0.583. The van der Waals surface area contributed by atoms with Crippen molar-refractivity contribution < 1.29 is 0 Å². The number of rotatable bonds is 3. The predicted octanol–water partition coefficient (Wildman–Crippen LogP) is 3.48. The molecule has 0 aliphatic heterocycles. The summed E-state index contributed by atoms with van der Waals surface area (Å²) in [5.74, 6) is 0. The molecule has 1 aromatic heterocycles. The van der Waals surface area contributed by atoms with Crippen LogP contribution in [0.1, 0.15) is 31.2 Å². The zero-order chi connectivity index (χ0) is 11.4. The Morgan fingerprint density at radius 2 is 2.06 bits per heavy atom. The van der Waals surface area contributed by atoms with Crippen molar-refractivity contribution in [1.82, 2.24) is 10.3 Å². The summed E-state index contributed by atoms with van der Waals surface area (Å²) in [7, 11) is 0. The van der Waals surface area contributed by atoms with E-state index in [0.717, 1.165) is 23.9 Å². The standard InChI is InChI=1S/C12H16BrClN2/c13-10-5-9(6-15-8-10)7-16-12-3-1-11(14)2-4-12/h5-6,8,11-12,16H,1-4,7H2. The fourth-order valence-electron chi connectivity index (χ4n) is 2.07. The molecule has 1 aliphatic carbocycles. The molecule has 0 aromatic carbocycles. The molecule has 1 heterocycles. The molecule has 1 aliphatic rings. The molecule has 1 saturated carbocycles. The smallest absolute Gasteiger partial charge is 0.0410 e. The fourth-order valence-corrected chi connectivity index (χ4v) is 2.74. The number of pyridine rings is 1. The van der Waals surface area contributed by atoms with Crippen LogP contribution in [0.4, 0.5) is 0 Å². The molecule has 0 amide bonds. The van der Waals surface area contributed by atoms with E-state index in [1.165, 1.54) is 18.4 Å². The highest BCUT2D eigenvalue weighted by Gasteiger charge is 2.18. The summed E-state index contributed by atoms with van der Waals surface area (Å²) >= 11 is 9.50. The summed E-state index contributed by atoms with van der Waals surface area (Å²) < 4.78 is 1.04. The van der Waals surface area contributed by atoms with Gasteiger partial charge in [-0.1, -0.05) is 0 Å². The Morgan fingerprint density at radius 1 is 1.31 bits per heavy atom. The first-order chi connectivity index (χ1) is 7.74. The molecule has 0 spiro atoms. The van der Waals surface area contributed by atoms with E-state index in [-0.39, 0.29) is 0 Å². The third kappa shape index (κ3) is 3.72. The summed E-state index contributed by atoms with van der Waals surface area (Å²) in [4.78, 5) is 4.15. The summed E-state index contributed by atoms with van der Waals surface area (Å²) in [5, 5.41) is 3.96. The van der Waals surface area contributed by atoms with E-state index in [1.54, 1.807) is 0 Å². The van der Waals surface area contributed by atoms with Gasteiger partial charge in [-0.2, -0.15) is 0 Å². The zero-order valence-corrected chi connectivity index (χ0v) is 11.5. The van der Waals surface area contributed by atoms with Crippen molar-refractivity contribution in [3.8, 4) is 0 Å². The van der Waals surface area contributed by atoms with Crippen LogP contribution in [-0.4, -0.2) is 16.4 Å². The van der Waals surface area contributed by atoms with E-state index in [9.17, 15) is 0 Å². The van der Waals surface area contributed by atoms with Gasteiger partial charge in [0.15, 0.2) is 0 Å². The Labute approximate surface area is 110 Å². The first kappa shape index (κ1) is 12.3. The quantitative estimate of drug-likeness (QED) is 0.865. The van der Waals surface area contributed by atoms with E-state index in [0.29, 0.717) is 11.4 Å². The van der Waals surface area contributed by atoms with Crippen LogP contribution in [0, 0.1) is 0 Å².